The van der Waals surface area contributed by atoms with Crippen molar-refractivity contribution in [2.75, 3.05) is 0 Å². The van der Waals surface area contributed by atoms with E-state index >= 15 is 0 Å². The van der Waals surface area contributed by atoms with Crippen molar-refractivity contribution >= 4 is 11.6 Å². The van der Waals surface area contributed by atoms with E-state index in [0.29, 0.717) is 22.7 Å². The SMILES string of the molecule is Cc1ccc(C(O)c2ccc(-c3ccccc3)c(C(=O)O)c2)n2c(C)c(C3CC3)nc12. The average Bonchev–Trinajstić information content (AvgIpc) is 3.57. The van der Waals surface area contributed by atoms with Gasteiger partial charge in [0.25, 0.3) is 0 Å². The molecule has 0 bridgehead atoms. The van der Waals surface area contributed by atoms with E-state index < -0.39 is 12.1 Å². The third-order valence-corrected chi connectivity index (χ3v) is 6.18. The molecule has 0 spiro atoms. The van der Waals surface area contributed by atoms with E-state index in [9.17, 15) is 15.0 Å². The highest BCUT2D eigenvalue weighted by molar-refractivity contribution is 5.96. The van der Waals surface area contributed by atoms with E-state index in [1.165, 1.54) is 0 Å². The Morgan fingerprint density at radius 3 is 2.48 bits per heavy atom. The summed E-state index contributed by atoms with van der Waals surface area (Å²) in [6, 6.07) is 18.5. The normalized spacial score (nSPS) is 14.7. The van der Waals surface area contributed by atoms with Gasteiger partial charge in [0, 0.05) is 11.6 Å². The number of carboxylic acids is 1. The molecule has 0 amide bonds. The molecular formula is C26H24N2O3. The Morgan fingerprint density at radius 1 is 1.06 bits per heavy atom. The molecule has 4 aromatic rings. The molecule has 2 N–H and O–H groups in total. The van der Waals surface area contributed by atoms with Crippen LogP contribution in [0, 0.1) is 13.8 Å². The van der Waals surface area contributed by atoms with E-state index in [0.717, 1.165) is 41.0 Å². The number of benzene rings is 2. The van der Waals surface area contributed by atoms with E-state index in [1.807, 2.05) is 60.7 Å². The molecule has 5 heteroatoms. The summed E-state index contributed by atoms with van der Waals surface area (Å²) in [6.07, 6.45) is 1.35. The molecule has 5 rings (SSSR count). The van der Waals surface area contributed by atoms with Crippen LogP contribution in [0.1, 0.15) is 63.4 Å². The lowest BCUT2D eigenvalue weighted by atomic mass is 9.95. The van der Waals surface area contributed by atoms with Gasteiger partial charge in [-0.05, 0) is 61.1 Å². The van der Waals surface area contributed by atoms with Crippen LogP contribution in [0.2, 0.25) is 0 Å². The number of carbonyl (C=O) groups is 1. The number of aliphatic hydroxyl groups excluding tert-OH is 1. The van der Waals surface area contributed by atoms with Gasteiger partial charge in [0.15, 0.2) is 0 Å². The van der Waals surface area contributed by atoms with Crippen LogP contribution in [0.5, 0.6) is 0 Å². The number of aromatic nitrogens is 2. The van der Waals surface area contributed by atoms with Gasteiger partial charge >= 0.3 is 5.97 Å². The first-order valence-corrected chi connectivity index (χ1v) is 10.5. The van der Waals surface area contributed by atoms with E-state index in [4.69, 9.17) is 4.98 Å². The number of carboxylic acid groups (broad SMARTS) is 1. The zero-order valence-corrected chi connectivity index (χ0v) is 17.5. The Morgan fingerprint density at radius 2 is 1.81 bits per heavy atom. The Labute approximate surface area is 180 Å². The minimum absolute atomic E-state index is 0.173. The van der Waals surface area contributed by atoms with E-state index in [1.54, 1.807) is 18.2 Å². The number of imidazole rings is 1. The smallest absolute Gasteiger partial charge is 0.336 e. The number of hydrogen-bond acceptors (Lipinski definition) is 3. The molecule has 1 fully saturated rings. The molecule has 0 saturated heterocycles. The van der Waals surface area contributed by atoms with E-state index in [2.05, 4.69) is 0 Å². The monoisotopic (exact) mass is 412 g/mol. The van der Waals surface area contributed by atoms with Crippen LogP contribution in [-0.2, 0) is 0 Å². The zero-order valence-electron chi connectivity index (χ0n) is 17.5. The second-order valence-corrected chi connectivity index (χ2v) is 8.34. The van der Waals surface area contributed by atoms with Gasteiger partial charge in [0.1, 0.15) is 11.8 Å². The number of fused-ring (bicyclic) bond motifs is 1. The molecule has 2 aromatic heterocycles. The summed E-state index contributed by atoms with van der Waals surface area (Å²) in [5.74, 6) is -0.509. The lowest BCUT2D eigenvalue weighted by molar-refractivity contribution is 0.0697. The summed E-state index contributed by atoms with van der Waals surface area (Å²) in [5, 5.41) is 21.1. The first-order chi connectivity index (χ1) is 15.0. The summed E-state index contributed by atoms with van der Waals surface area (Å²) in [6.45, 7) is 4.07. The molecule has 0 aliphatic heterocycles. The van der Waals surface area contributed by atoms with Crippen LogP contribution in [0.4, 0.5) is 0 Å². The highest BCUT2D eigenvalue weighted by Gasteiger charge is 2.30. The number of aromatic carboxylic acids is 1. The first-order valence-electron chi connectivity index (χ1n) is 10.5. The van der Waals surface area contributed by atoms with Crippen molar-refractivity contribution in [3.05, 3.63) is 94.4 Å². The highest BCUT2D eigenvalue weighted by atomic mass is 16.4. The first kappa shape index (κ1) is 19.5. The minimum atomic E-state index is -1.02. The quantitative estimate of drug-likeness (QED) is 0.468. The van der Waals surface area contributed by atoms with Crippen molar-refractivity contribution < 1.29 is 15.0 Å². The van der Waals surface area contributed by atoms with Crippen LogP contribution in [0.25, 0.3) is 16.8 Å². The largest absolute Gasteiger partial charge is 0.478 e. The van der Waals surface area contributed by atoms with Crippen molar-refractivity contribution in [2.24, 2.45) is 0 Å². The number of rotatable bonds is 5. The predicted molar refractivity (Wildman–Crippen MR) is 120 cm³/mol. The fourth-order valence-electron chi connectivity index (χ4n) is 4.36. The molecule has 1 atom stereocenters. The van der Waals surface area contributed by atoms with Gasteiger partial charge < -0.3 is 10.2 Å². The van der Waals surface area contributed by atoms with Gasteiger partial charge in [-0.15, -0.1) is 0 Å². The van der Waals surface area contributed by atoms with Crippen LogP contribution in [0.3, 0.4) is 0 Å². The molecule has 1 saturated carbocycles. The fraction of sp³-hybridized carbons (Fsp3) is 0.231. The molecule has 31 heavy (non-hydrogen) atoms. The Balaban J connectivity index is 1.63. The molecule has 1 aliphatic rings. The maximum Gasteiger partial charge on any atom is 0.336 e. The predicted octanol–water partition coefficient (Wildman–Crippen LogP) is 5.28. The standard InChI is InChI=1S/C26H24N2O3/c1-15-8-13-22(28-16(2)23(18-9-10-18)27-25(15)28)24(29)19-11-12-20(21(14-19)26(30)31)17-6-4-3-5-7-17/h3-8,11-14,18,24,29H,9-10H2,1-2H3,(H,30,31). The maximum absolute atomic E-state index is 12.0. The van der Waals surface area contributed by atoms with Crippen LogP contribution in [0.15, 0.2) is 60.7 Å². The van der Waals surface area contributed by atoms with Gasteiger partial charge in [0.05, 0.1) is 17.0 Å². The summed E-state index contributed by atoms with van der Waals surface area (Å²) < 4.78 is 2.03. The molecule has 1 unspecified atom stereocenters. The zero-order chi connectivity index (χ0) is 21.7. The van der Waals surface area contributed by atoms with E-state index in [-0.39, 0.29) is 5.56 Å². The topological polar surface area (TPSA) is 74.8 Å². The lowest BCUT2D eigenvalue weighted by Crippen LogP contribution is -2.10. The highest BCUT2D eigenvalue weighted by Crippen LogP contribution is 2.42. The number of pyridine rings is 1. The van der Waals surface area contributed by atoms with Gasteiger partial charge in [-0.3, -0.25) is 4.40 Å². The van der Waals surface area contributed by atoms with Crippen LogP contribution >= 0.6 is 0 Å². The van der Waals surface area contributed by atoms with Crippen molar-refractivity contribution in [1.29, 1.82) is 0 Å². The second-order valence-electron chi connectivity index (χ2n) is 8.34. The molecule has 2 aromatic carbocycles. The maximum atomic E-state index is 12.0. The van der Waals surface area contributed by atoms with Crippen molar-refractivity contribution in [3.63, 3.8) is 0 Å². The van der Waals surface area contributed by atoms with Gasteiger partial charge in [-0.25, -0.2) is 9.78 Å². The lowest BCUT2D eigenvalue weighted by Gasteiger charge is -2.17. The summed E-state index contributed by atoms with van der Waals surface area (Å²) in [5.41, 5.74) is 6.94. The van der Waals surface area contributed by atoms with Crippen molar-refractivity contribution in [1.82, 2.24) is 9.38 Å². The summed E-state index contributed by atoms with van der Waals surface area (Å²) in [7, 11) is 0. The van der Waals surface area contributed by atoms with Crippen LogP contribution in [-0.4, -0.2) is 25.6 Å². The second kappa shape index (κ2) is 7.36. The Hall–Kier alpha value is -3.44. The summed E-state index contributed by atoms with van der Waals surface area (Å²) in [4.78, 5) is 16.9. The number of hydrogen-bond donors (Lipinski definition) is 2. The van der Waals surface area contributed by atoms with Gasteiger partial charge in [-0.1, -0.05) is 48.5 Å². The molecule has 5 nitrogen and oxygen atoms in total. The van der Waals surface area contributed by atoms with Gasteiger partial charge in [-0.2, -0.15) is 0 Å². The molecular weight excluding hydrogens is 388 g/mol. The minimum Gasteiger partial charge on any atom is -0.478 e. The third kappa shape index (κ3) is 3.31. The van der Waals surface area contributed by atoms with Gasteiger partial charge in [0.2, 0.25) is 0 Å². The van der Waals surface area contributed by atoms with Crippen LogP contribution < -0.4 is 0 Å². The van der Waals surface area contributed by atoms with Crippen molar-refractivity contribution in [2.45, 2.75) is 38.7 Å². The molecule has 1 aliphatic carbocycles. The fourth-order valence-corrected chi connectivity index (χ4v) is 4.36. The Bertz CT molecular complexity index is 1300. The number of aryl methyl sites for hydroxylation is 2. The average molecular weight is 412 g/mol. The summed E-state index contributed by atoms with van der Waals surface area (Å²) >= 11 is 0. The number of aliphatic hydroxyl groups is 1. The Kier molecular flexibility index (Phi) is 4.63. The number of nitrogens with zero attached hydrogens (tertiary/aromatic N) is 2. The van der Waals surface area contributed by atoms with Crippen molar-refractivity contribution in [3.8, 4) is 11.1 Å². The third-order valence-electron chi connectivity index (χ3n) is 6.18. The molecule has 0 radical (unpaired) electrons. The molecule has 156 valence electrons. The molecule has 2 heterocycles.